The standard InChI is InChI=1S/C9H13N5O2S/c1-15-5-7-11-12-9-14(7)13-8(17-9)6-4-10-2-3-16-6/h6,10H,2-5H2,1H3. The van der Waals surface area contributed by atoms with Crippen molar-refractivity contribution in [1.82, 2.24) is 25.1 Å². The summed E-state index contributed by atoms with van der Waals surface area (Å²) in [5.41, 5.74) is 0. The third kappa shape index (κ3) is 2.04. The monoisotopic (exact) mass is 255 g/mol. The van der Waals surface area contributed by atoms with Crippen LogP contribution in [0.3, 0.4) is 0 Å². The predicted molar refractivity (Wildman–Crippen MR) is 60.9 cm³/mol. The van der Waals surface area contributed by atoms with Gasteiger partial charge in [0.15, 0.2) is 5.82 Å². The van der Waals surface area contributed by atoms with Crippen molar-refractivity contribution >= 4 is 16.3 Å². The first-order valence-electron chi connectivity index (χ1n) is 5.41. The molecule has 0 spiro atoms. The largest absolute Gasteiger partial charge is 0.377 e. The molecule has 0 radical (unpaired) electrons. The summed E-state index contributed by atoms with van der Waals surface area (Å²) in [6, 6.07) is 0. The van der Waals surface area contributed by atoms with Crippen molar-refractivity contribution in [3.63, 3.8) is 0 Å². The van der Waals surface area contributed by atoms with E-state index in [9.17, 15) is 0 Å². The quantitative estimate of drug-likeness (QED) is 0.831. The molecule has 0 aromatic carbocycles. The molecule has 2 aromatic heterocycles. The van der Waals surface area contributed by atoms with Crippen LogP contribution in [0.25, 0.3) is 4.96 Å². The van der Waals surface area contributed by atoms with Crippen LogP contribution in [0.5, 0.6) is 0 Å². The van der Waals surface area contributed by atoms with Crippen molar-refractivity contribution in [2.45, 2.75) is 12.7 Å². The van der Waals surface area contributed by atoms with Gasteiger partial charge in [-0.3, -0.25) is 0 Å². The maximum atomic E-state index is 5.66. The molecule has 0 bridgehead atoms. The molecule has 3 rings (SSSR count). The smallest absolute Gasteiger partial charge is 0.234 e. The number of rotatable bonds is 3. The summed E-state index contributed by atoms with van der Waals surface area (Å²) in [5, 5.41) is 16.8. The van der Waals surface area contributed by atoms with E-state index in [1.807, 2.05) is 0 Å². The Labute approximate surface area is 102 Å². The van der Waals surface area contributed by atoms with E-state index in [2.05, 4.69) is 20.6 Å². The first kappa shape index (κ1) is 11.0. The van der Waals surface area contributed by atoms with Gasteiger partial charge in [0.05, 0.1) is 6.61 Å². The minimum absolute atomic E-state index is 0.0193. The number of nitrogens with zero attached hydrogens (tertiary/aromatic N) is 4. The summed E-state index contributed by atoms with van der Waals surface area (Å²) >= 11 is 1.51. The Morgan fingerprint density at radius 2 is 2.53 bits per heavy atom. The van der Waals surface area contributed by atoms with E-state index in [1.54, 1.807) is 11.6 Å². The van der Waals surface area contributed by atoms with Crippen LogP contribution in [0.15, 0.2) is 0 Å². The van der Waals surface area contributed by atoms with Gasteiger partial charge in [0.25, 0.3) is 0 Å². The van der Waals surface area contributed by atoms with Crippen LogP contribution < -0.4 is 5.32 Å². The zero-order valence-electron chi connectivity index (χ0n) is 9.42. The maximum absolute atomic E-state index is 5.66. The molecule has 1 unspecified atom stereocenters. The van der Waals surface area contributed by atoms with E-state index in [0.717, 1.165) is 29.7 Å². The second-order valence-corrected chi connectivity index (χ2v) is 4.74. The van der Waals surface area contributed by atoms with Gasteiger partial charge in [0.1, 0.15) is 17.7 Å². The summed E-state index contributed by atoms with van der Waals surface area (Å²) < 4.78 is 12.4. The fourth-order valence-corrected chi connectivity index (χ4v) is 2.65. The second kappa shape index (κ2) is 4.65. The van der Waals surface area contributed by atoms with Crippen molar-refractivity contribution < 1.29 is 9.47 Å². The number of morpholine rings is 1. The topological polar surface area (TPSA) is 73.6 Å². The normalized spacial score (nSPS) is 21.1. The number of ether oxygens (including phenoxy) is 2. The summed E-state index contributed by atoms with van der Waals surface area (Å²) in [5.74, 6) is 0.716. The summed E-state index contributed by atoms with van der Waals surface area (Å²) in [6.45, 7) is 2.82. The fraction of sp³-hybridized carbons (Fsp3) is 0.667. The highest BCUT2D eigenvalue weighted by molar-refractivity contribution is 7.16. The van der Waals surface area contributed by atoms with Crippen LogP contribution in [-0.4, -0.2) is 46.6 Å². The van der Waals surface area contributed by atoms with Crippen LogP contribution in [-0.2, 0) is 16.1 Å². The molecule has 1 atom stereocenters. The molecular formula is C9H13N5O2S. The Bertz CT molecular complexity index is 504. The molecule has 0 amide bonds. The van der Waals surface area contributed by atoms with E-state index < -0.39 is 0 Å². The van der Waals surface area contributed by atoms with Crippen molar-refractivity contribution in [1.29, 1.82) is 0 Å². The number of fused-ring (bicyclic) bond motifs is 1. The summed E-state index contributed by atoms with van der Waals surface area (Å²) in [7, 11) is 1.63. The highest BCUT2D eigenvalue weighted by atomic mass is 32.1. The van der Waals surface area contributed by atoms with Gasteiger partial charge in [-0.05, 0) is 0 Å². The molecule has 2 aromatic rings. The molecule has 1 aliphatic rings. The van der Waals surface area contributed by atoms with Gasteiger partial charge in [-0.2, -0.15) is 9.61 Å². The highest BCUT2D eigenvalue weighted by Crippen LogP contribution is 2.24. The molecule has 1 saturated heterocycles. The first-order chi connectivity index (χ1) is 8.38. The Hall–Kier alpha value is -1.09. The third-order valence-electron chi connectivity index (χ3n) is 2.55. The zero-order chi connectivity index (χ0) is 11.7. The third-order valence-corrected chi connectivity index (χ3v) is 3.54. The van der Waals surface area contributed by atoms with Gasteiger partial charge in [0.2, 0.25) is 4.96 Å². The second-order valence-electron chi connectivity index (χ2n) is 3.75. The molecule has 92 valence electrons. The number of hydrogen-bond acceptors (Lipinski definition) is 7. The lowest BCUT2D eigenvalue weighted by Crippen LogP contribution is -2.33. The molecule has 0 aliphatic carbocycles. The SMILES string of the molecule is COCc1nnc2sc(C3CNCCO3)nn12. The van der Waals surface area contributed by atoms with Crippen LogP contribution in [0.4, 0.5) is 0 Å². The van der Waals surface area contributed by atoms with Crippen molar-refractivity contribution in [3.8, 4) is 0 Å². The van der Waals surface area contributed by atoms with E-state index in [0.29, 0.717) is 12.4 Å². The van der Waals surface area contributed by atoms with Gasteiger partial charge >= 0.3 is 0 Å². The predicted octanol–water partition coefficient (Wildman–Crippen LogP) is -0.00690. The maximum Gasteiger partial charge on any atom is 0.234 e. The van der Waals surface area contributed by atoms with Gasteiger partial charge in [-0.25, -0.2) is 0 Å². The molecule has 7 nitrogen and oxygen atoms in total. The van der Waals surface area contributed by atoms with Crippen LogP contribution >= 0.6 is 11.3 Å². The molecule has 1 N–H and O–H groups in total. The van der Waals surface area contributed by atoms with E-state index in [1.165, 1.54) is 11.3 Å². The van der Waals surface area contributed by atoms with Crippen molar-refractivity contribution in [2.75, 3.05) is 26.8 Å². The lowest BCUT2D eigenvalue weighted by atomic mass is 10.3. The first-order valence-corrected chi connectivity index (χ1v) is 6.22. The fourth-order valence-electron chi connectivity index (χ4n) is 1.75. The summed E-state index contributed by atoms with van der Waals surface area (Å²) in [4.78, 5) is 0.779. The van der Waals surface area contributed by atoms with Crippen LogP contribution in [0, 0.1) is 0 Å². The Morgan fingerprint density at radius 3 is 3.29 bits per heavy atom. The zero-order valence-corrected chi connectivity index (χ0v) is 10.2. The van der Waals surface area contributed by atoms with Gasteiger partial charge in [-0.1, -0.05) is 11.3 Å². The lowest BCUT2D eigenvalue weighted by Gasteiger charge is -2.21. The van der Waals surface area contributed by atoms with E-state index in [-0.39, 0.29) is 6.10 Å². The van der Waals surface area contributed by atoms with Crippen molar-refractivity contribution in [2.24, 2.45) is 0 Å². The molecule has 8 heteroatoms. The molecule has 17 heavy (non-hydrogen) atoms. The van der Waals surface area contributed by atoms with E-state index >= 15 is 0 Å². The van der Waals surface area contributed by atoms with Gasteiger partial charge in [0, 0.05) is 20.2 Å². The molecule has 0 saturated carbocycles. The Balaban J connectivity index is 1.90. The number of hydrogen-bond donors (Lipinski definition) is 1. The number of aromatic nitrogens is 4. The minimum Gasteiger partial charge on any atom is -0.377 e. The molecule has 1 aliphatic heterocycles. The van der Waals surface area contributed by atoms with Crippen molar-refractivity contribution in [3.05, 3.63) is 10.8 Å². The van der Waals surface area contributed by atoms with Gasteiger partial charge in [-0.15, -0.1) is 10.2 Å². The Morgan fingerprint density at radius 1 is 1.59 bits per heavy atom. The average Bonchev–Trinajstić information content (AvgIpc) is 2.93. The average molecular weight is 255 g/mol. The number of nitrogens with one attached hydrogen (secondary N) is 1. The molecule has 1 fully saturated rings. The number of methoxy groups -OCH3 is 1. The van der Waals surface area contributed by atoms with Crippen LogP contribution in [0.1, 0.15) is 16.9 Å². The molecular weight excluding hydrogens is 242 g/mol. The summed E-state index contributed by atoms with van der Waals surface area (Å²) in [6.07, 6.45) is 0.0193. The van der Waals surface area contributed by atoms with Crippen LogP contribution in [0.2, 0.25) is 0 Å². The Kier molecular flexibility index (Phi) is 3.02. The highest BCUT2D eigenvalue weighted by Gasteiger charge is 2.21. The van der Waals surface area contributed by atoms with Gasteiger partial charge < -0.3 is 14.8 Å². The van der Waals surface area contributed by atoms with E-state index in [4.69, 9.17) is 9.47 Å². The molecule has 3 heterocycles. The lowest BCUT2D eigenvalue weighted by molar-refractivity contribution is 0.0269. The minimum atomic E-state index is 0.0193.